The monoisotopic (exact) mass is 449 g/mol. The van der Waals surface area contributed by atoms with E-state index in [2.05, 4.69) is 15.3 Å². The summed E-state index contributed by atoms with van der Waals surface area (Å²) in [7, 11) is 0. The minimum absolute atomic E-state index is 0.0138. The van der Waals surface area contributed by atoms with Gasteiger partial charge in [-0.25, -0.2) is 9.37 Å². The van der Waals surface area contributed by atoms with Gasteiger partial charge in [-0.3, -0.25) is 9.59 Å². The maximum atomic E-state index is 14.0. The number of aromatic hydroxyl groups is 1. The van der Waals surface area contributed by atoms with Crippen molar-refractivity contribution in [2.24, 2.45) is 0 Å². The fourth-order valence-corrected chi connectivity index (χ4v) is 5.12. The number of hydrogen-bond acceptors (Lipinski definition) is 6. The van der Waals surface area contributed by atoms with Crippen molar-refractivity contribution in [2.45, 2.75) is 36.1 Å². The van der Waals surface area contributed by atoms with Crippen LogP contribution in [0.25, 0.3) is 0 Å². The Balaban J connectivity index is 1.56. The second kappa shape index (κ2) is 8.27. The van der Waals surface area contributed by atoms with Crippen molar-refractivity contribution in [2.75, 3.05) is 5.32 Å². The van der Waals surface area contributed by atoms with Crippen LogP contribution in [0.1, 0.15) is 41.9 Å². The number of phenols is 1. The zero-order valence-corrected chi connectivity index (χ0v) is 17.8. The number of nitrogens with one attached hydrogen (secondary N) is 2. The van der Waals surface area contributed by atoms with Gasteiger partial charge in [0.2, 0.25) is 0 Å². The zero-order valence-electron chi connectivity index (χ0n) is 17.0. The van der Waals surface area contributed by atoms with Gasteiger partial charge in [-0.1, -0.05) is 42.1 Å². The number of fused-ring (bicyclic) bond motifs is 1. The molecule has 0 radical (unpaired) electrons. The summed E-state index contributed by atoms with van der Waals surface area (Å²) >= 11 is 1.24. The molecule has 0 amide bonds. The molecule has 0 spiro atoms. The Labute approximate surface area is 187 Å². The number of Topliss-reactive ketones (excluding diaryl/α,β-unsaturated/α-hetero) is 1. The number of halogens is 1. The standard InChI is InChI=1S/C24H20FN3O3S/c25-16-5-2-1-4-14(16)12-32-24-27-22-21(23(31)28-24)19(13-8-10-15(29)11-9-13)20-17(26-22)6-3-7-18(20)30/h1-2,4-5,8-11,19,29H,3,6-7,12H2,(H2,26,27,28,31). The van der Waals surface area contributed by atoms with E-state index >= 15 is 0 Å². The number of rotatable bonds is 4. The number of phenolic OH excluding ortho intramolecular Hbond substituents is 1. The predicted molar refractivity (Wildman–Crippen MR) is 120 cm³/mol. The van der Waals surface area contributed by atoms with Crippen LogP contribution in [0.4, 0.5) is 10.2 Å². The summed E-state index contributed by atoms with van der Waals surface area (Å²) in [5.41, 5.74) is 2.67. The normalized spacial score (nSPS) is 17.5. The topological polar surface area (TPSA) is 95.1 Å². The number of benzene rings is 2. The van der Waals surface area contributed by atoms with Crippen LogP contribution >= 0.6 is 11.8 Å². The van der Waals surface area contributed by atoms with E-state index in [9.17, 15) is 19.1 Å². The number of carbonyl (C=O) groups is 1. The first-order valence-corrected chi connectivity index (χ1v) is 11.3. The van der Waals surface area contributed by atoms with E-state index in [4.69, 9.17) is 0 Å². The van der Waals surface area contributed by atoms with Crippen LogP contribution in [0.5, 0.6) is 5.75 Å². The van der Waals surface area contributed by atoms with Gasteiger partial charge in [0.25, 0.3) is 5.56 Å². The Morgan fingerprint density at radius 1 is 1.09 bits per heavy atom. The minimum Gasteiger partial charge on any atom is -0.508 e. The number of thioether (sulfide) groups is 1. The highest BCUT2D eigenvalue weighted by Crippen LogP contribution is 2.43. The van der Waals surface area contributed by atoms with E-state index < -0.39 is 5.92 Å². The first-order chi connectivity index (χ1) is 15.5. The van der Waals surface area contributed by atoms with Crippen molar-refractivity contribution < 1.29 is 14.3 Å². The first kappa shape index (κ1) is 20.5. The van der Waals surface area contributed by atoms with Crippen molar-refractivity contribution in [1.29, 1.82) is 0 Å². The SMILES string of the molecule is O=C1CCCC2=C1C(c1ccc(O)cc1)c1c(nc(SCc3ccccc3F)[nH]c1=O)N2. The van der Waals surface area contributed by atoms with Crippen LogP contribution in [0, 0.1) is 5.82 Å². The third-order valence-electron chi connectivity index (χ3n) is 5.78. The molecule has 3 N–H and O–H groups in total. The summed E-state index contributed by atoms with van der Waals surface area (Å²) < 4.78 is 14.0. The van der Waals surface area contributed by atoms with Crippen molar-refractivity contribution in [3.8, 4) is 5.75 Å². The molecule has 1 aliphatic heterocycles. The number of ketones is 1. The second-order valence-electron chi connectivity index (χ2n) is 7.83. The lowest BCUT2D eigenvalue weighted by atomic mass is 9.76. The molecule has 6 nitrogen and oxygen atoms in total. The Bertz CT molecular complexity index is 1300. The van der Waals surface area contributed by atoms with Gasteiger partial charge < -0.3 is 15.4 Å². The molecule has 1 unspecified atom stereocenters. The molecule has 0 saturated carbocycles. The number of nitrogens with zero attached hydrogens (tertiary/aromatic N) is 1. The van der Waals surface area contributed by atoms with Gasteiger partial charge in [-0.2, -0.15) is 0 Å². The highest BCUT2D eigenvalue weighted by atomic mass is 32.2. The van der Waals surface area contributed by atoms with Crippen LogP contribution in [-0.2, 0) is 10.5 Å². The number of aromatic nitrogens is 2. The Kier molecular flexibility index (Phi) is 5.30. The molecule has 8 heteroatoms. The number of carbonyl (C=O) groups excluding carboxylic acids is 1. The molecule has 1 atom stereocenters. The molecule has 0 fully saturated rings. The lowest BCUT2D eigenvalue weighted by Crippen LogP contribution is -2.32. The number of H-pyrrole nitrogens is 1. The molecule has 2 aliphatic rings. The van der Waals surface area contributed by atoms with Crippen molar-refractivity contribution in [3.05, 3.63) is 92.7 Å². The van der Waals surface area contributed by atoms with Crippen LogP contribution in [0.15, 0.2) is 69.8 Å². The highest BCUT2D eigenvalue weighted by Gasteiger charge is 2.37. The number of allylic oxidation sites excluding steroid dienone is 2. The number of aromatic amines is 1. The molecule has 2 heterocycles. The third-order valence-corrected chi connectivity index (χ3v) is 6.71. The van der Waals surface area contributed by atoms with E-state index in [1.165, 1.54) is 17.8 Å². The lowest BCUT2D eigenvalue weighted by Gasteiger charge is -2.32. The summed E-state index contributed by atoms with van der Waals surface area (Å²) in [4.78, 5) is 33.4. The van der Waals surface area contributed by atoms with Gasteiger partial charge in [0.1, 0.15) is 17.4 Å². The molecule has 2 aromatic carbocycles. The minimum atomic E-state index is -0.559. The largest absolute Gasteiger partial charge is 0.508 e. The van der Waals surface area contributed by atoms with E-state index in [0.717, 1.165) is 17.7 Å². The highest BCUT2D eigenvalue weighted by molar-refractivity contribution is 7.98. The molecule has 0 saturated heterocycles. The van der Waals surface area contributed by atoms with E-state index in [1.807, 2.05) is 0 Å². The molecular formula is C24H20FN3O3S. The maximum Gasteiger partial charge on any atom is 0.257 e. The molecular weight excluding hydrogens is 429 g/mol. The third kappa shape index (κ3) is 3.71. The van der Waals surface area contributed by atoms with Crippen molar-refractivity contribution in [3.63, 3.8) is 0 Å². The average molecular weight is 450 g/mol. The Morgan fingerprint density at radius 2 is 1.88 bits per heavy atom. The molecule has 0 bridgehead atoms. The number of anilines is 1. The van der Waals surface area contributed by atoms with E-state index in [0.29, 0.717) is 46.3 Å². The van der Waals surface area contributed by atoms with Crippen LogP contribution in [0.3, 0.4) is 0 Å². The van der Waals surface area contributed by atoms with Crippen molar-refractivity contribution in [1.82, 2.24) is 9.97 Å². The Hall–Kier alpha value is -3.39. The Morgan fingerprint density at radius 3 is 2.66 bits per heavy atom. The fourth-order valence-electron chi connectivity index (χ4n) is 4.27. The van der Waals surface area contributed by atoms with Gasteiger partial charge in [-0.05, 0) is 42.2 Å². The summed E-state index contributed by atoms with van der Waals surface area (Å²) in [5, 5.41) is 13.3. The van der Waals surface area contributed by atoms with Gasteiger partial charge in [0.15, 0.2) is 10.9 Å². The summed E-state index contributed by atoms with van der Waals surface area (Å²) in [6.45, 7) is 0. The van der Waals surface area contributed by atoms with E-state index in [-0.39, 0.29) is 22.9 Å². The molecule has 1 aromatic heterocycles. The fraction of sp³-hybridized carbons (Fsp3) is 0.208. The quantitative estimate of drug-likeness (QED) is 0.402. The van der Waals surface area contributed by atoms with Crippen LogP contribution in [0.2, 0.25) is 0 Å². The smallest absolute Gasteiger partial charge is 0.257 e. The predicted octanol–water partition coefficient (Wildman–Crippen LogP) is 4.47. The summed E-state index contributed by atoms with van der Waals surface area (Å²) in [5.74, 6) is -0.00422. The first-order valence-electron chi connectivity index (χ1n) is 10.3. The molecule has 162 valence electrons. The lowest BCUT2D eigenvalue weighted by molar-refractivity contribution is -0.116. The van der Waals surface area contributed by atoms with E-state index in [1.54, 1.807) is 42.5 Å². The zero-order chi connectivity index (χ0) is 22.2. The van der Waals surface area contributed by atoms with Gasteiger partial charge >= 0.3 is 0 Å². The molecule has 3 aromatic rings. The molecule has 32 heavy (non-hydrogen) atoms. The van der Waals surface area contributed by atoms with Crippen LogP contribution in [-0.4, -0.2) is 20.9 Å². The molecule has 1 aliphatic carbocycles. The average Bonchev–Trinajstić information content (AvgIpc) is 2.78. The maximum absolute atomic E-state index is 14.0. The second-order valence-corrected chi connectivity index (χ2v) is 8.80. The summed E-state index contributed by atoms with van der Waals surface area (Å²) in [6.07, 6.45) is 1.87. The number of hydrogen-bond donors (Lipinski definition) is 3. The van der Waals surface area contributed by atoms with Gasteiger partial charge in [0.05, 0.1) is 5.56 Å². The van der Waals surface area contributed by atoms with Gasteiger partial charge in [-0.15, -0.1) is 0 Å². The van der Waals surface area contributed by atoms with Crippen molar-refractivity contribution >= 4 is 23.4 Å². The summed E-state index contributed by atoms with van der Waals surface area (Å²) in [6, 6.07) is 13.0. The molecule has 5 rings (SSSR count). The van der Waals surface area contributed by atoms with Gasteiger partial charge in [0, 0.05) is 29.4 Å². The van der Waals surface area contributed by atoms with Crippen LogP contribution < -0.4 is 10.9 Å².